The highest BCUT2D eigenvalue weighted by Crippen LogP contribution is 2.37. The van der Waals surface area contributed by atoms with Crippen molar-refractivity contribution in [2.24, 2.45) is 5.73 Å². The third-order valence-electron chi connectivity index (χ3n) is 8.04. The number of thioether (sulfide) groups is 1. The first-order valence-corrected chi connectivity index (χ1v) is 16.2. The molecule has 2 aromatic carbocycles. The van der Waals surface area contributed by atoms with E-state index in [2.05, 4.69) is 0 Å². The van der Waals surface area contributed by atoms with Gasteiger partial charge in [0.1, 0.15) is 18.8 Å². The molecule has 0 aromatic heterocycles. The zero-order valence-corrected chi connectivity index (χ0v) is 26.0. The van der Waals surface area contributed by atoms with Gasteiger partial charge in [-0.3, -0.25) is 14.5 Å². The maximum Gasteiger partial charge on any atom is 0.416 e. The molecule has 0 bridgehead atoms. The van der Waals surface area contributed by atoms with Gasteiger partial charge in [-0.2, -0.15) is 38.1 Å². The minimum Gasteiger partial charge on any atom is -0.444 e. The summed E-state index contributed by atoms with van der Waals surface area (Å²) in [4.78, 5) is 45.4. The van der Waals surface area contributed by atoms with Gasteiger partial charge in [0.2, 0.25) is 11.8 Å². The molecule has 15 heteroatoms. The van der Waals surface area contributed by atoms with Gasteiger partial charge in [-0.1, -0.05) is 30.3 Å². The van der Waals surface area contributed by atoms with Crippen molar-refractivity contribution in [2.75, 3.05) is 31.6 Å². The van der Waals surface area contributed by atoms with Crippen LogP contribution in [0.2, 0.25) is 0 Å². The van der Waals surface area contributed by atoms with E-state index in [0.29, 0.717) is 31.5 Å². The van der Waals surface area contributed by atoms with Crippen LogP contribution in [0.4, 0.5) is 31.1 Å². The third kappa shape index (κ3) is 8.46. The van der Waals surface area contributed by atoms with Crippen molar-refractivity contribution in [1.82, 2.24) is 14.7 Å². The molecule has 2 aliphatic rings. The normalized spacial score (nSPS) is 20.6. The Morgan fingerprint density at radius 1 is 0.978 bits per heavy atom. The second-order valence-corrected chi connectivity index (χ2v) is 12.3. The summed E-state index contributed by atoms with van der Waals surface area (Å²) in [6.45, 7) is -0.273. The van der Waals surface area contributed by atoms with E-state index in [0.717, 1.165) is 11.3 Å². The predicted octanol–water partition coefficient (Wildman–Crippen LogP) is 5.54. The summed E-state index contributed by atoms with van der Waals surface area (Å²) in [6, 6.07) is 8.36. The number of rotatable bonds is 11. The Bertz CT molecular complexity index is 1340. The van der Waals surface area contributed by atoms with E-state index in [4.69, 9.17) is 10.5 Å². The molecule has 3 amide bonds. The standard InChI is InChI=1S/C31H36F6N4O4S/c1-46-12-6-11-39-18-26-40(29(44)45-19-21-13-22(30(32,33)34)16-23(14-21)31(35,36)37)24(15-20-7-3-2-4-8-20)17-27(42)41(26)25(28(39)43)9-5-10-38/h2-4,7-8,13-14,16,24-26H,5-6,9-12,15,17-19,38H2,1H3/t24?,25-,26?/m0/s1. The lowest BCUT2D eigenvalue weighted by Gasteiger charge is -2.54. The molecule has 2 unspecified atom stereocenters. The summed E-state index contributed by atoms with van der Waals surface area (Å²) in [7, 11) is 0. The highest BCUT2D eigenvalue weighted by molar-refractivity contribution is 7.98. The quantitative estimate of drug-likeness (QED) is 0.249. The number of hydrogen-bond donors (Lipinski definition) is 1. The van der Waals surface area contributed by atoms with Crippen LogP contribution in [-0.2, 0) is 39.7 Å². The van der Waals surface area contributed by atoms with Gasteiger partial charge in [0.15, 0.2) is 0 Å². The van der Waals surface area contributed by atoms with Crippen molar-refractivity contribution in [1.29, 1.82) is 0 Å². The molecule has 2 aromatic rings. The number of piperazine rings is 1. The number of fused-ring (bicyclic) bond motifs is 1. The van der Waals surface area contributed by atoms with Crippen molar-refractivity contribution in [3.8, 4) is 0 Å². The number of halogens is 6. The zero-order valence-electron chi connectivity index (χ0n) is 25.1. The van der Waals surface area contributed by atoms with Crippen LogP contribution in [0, 0.1) is 0 Å². The number of amides is 3. The Labute approximate surface area is 267 Å². The van der Waals surface area contributed by atoms with Crippen LogP contribution in [0.15, 0.2) is 48.5 Å². The van der Waals surface area contributed by atoms with E-state index in [-0.39, 0.29) is 50.2 Å². The minimum absolute atomic E-state index is 0.00148. The summed E-state index contributed by atoms with van der Waals surface area (Å²) in [5.74, 6) is 0.156. The van der Waals surface area contributed by atoms with E-state index >= 15 is 0 Å². The first-order valence-electron chi connectivity index (χ1n) is 14.8. The average molecular weight is 675 g/mol. The molecule has 46 heavy (non-hydrogen) atoms. The number of carbonyl (C=O) groups is 3. The van der Waals surface area contributed by atoms with Crippen molar-refractivity contribution < 1.29 is 45.5 Å². The van der Waals surface area contributed by atoms with E-state index in [9.17, 15) is 40.7 Å². The number of benzene rings is 2. The van der Waals surface area contributed by atoms with Crippen LogP contribution in [0.5, 0.6) is 0 Å². The molecule has 2 aliphatic heterocycles. The third-order valence-corrected chi connectivity index (χ3v) is 8.74. The smallest absolute Gasteiger partial charge is 0.416 e. The summed E-state index contributed by atoms with van der Waals surface area (Å²) in [5.41, 5.74) is 2.96. The summed E-state index contributed by atoms with van der Waals surface area (Å²) in [6.07, 6.45) is -8.79. The number of ether oxygens (including phenoxy) is 1. The molecule has 2 heterocycles. The monoisotopic (exact) mass is 674 g/mol. The summed E-state index contributed by atoms with van der Waals surface area (Å²) in [5, 5.41) is 0. The Morgan fingerprint density at radius 2 is 1.63 bits per heavy atom. The first kappa shape index (κ1) is 35.4. The molecule has 4 rings (SSSR count). The number of hydrogen-bond acceptors (Lipinski definition) is 6. The Hall–Kier alpha value is -3.46. The molecule has 252 valence electrons. The highest BCUT2D eigenvalue weighted by Gasteiger charge is 2.52. The maximum absolute atomic E-state index is 13.9. The van der Waals surface area contributed by atoms with Gasteiger partial charge in [-0.25, -0.2) is 4.79 Å². The topological polar surface area (TPSA) is 96.2 Å². The number of alkyl halides is 6. The fourth-order valence-corrected chi connectivity index (χ4v) is 6.37. The molecular weight excluding hydrogens is 638 g/mol. The van der Waals surface area contributed by atoms with Crippen LogP contribution in [0.3, 0.4) is 0 Å². The number of nitrogens with zero attached hydrogens (tertiary/aromatic N) is 3. The van der Waals surface area contributed by atoms with Gasteiger partial charge in [0, 0.05) is 19.0 Å². The Morgan fingerprint density at radius 3 is 2.22 bits per heavy atom. The van der Waals surface area contributed by atoms with Gasteiger partial charge in [0.05, 0.1) is 17.7 Å². The maximum atomic E-state index is 13.9. The van der Waals surface area contributed by atoms with E-state index in [1.54, 1.807) is 34.9 Å². The fourth-order valence-electron chi connectivity index (χ4n) is 5.95. The average Bonchev–Trinajstić information content (AvgIpc) is 2.99. The molecule has 3 atom stereocenters. The van der Waals surface area contributed by atoms with Crippen LogP contribution >= 0.6 is 11.8 Å². The number of carbonyl (C=O) groups excluding carboxylic acids is 3. The molecule has 2 fully saturated rings. The summed E-state index contributed by atoms with van der Waals surface area (Å²) >= 11 is 1.60. The van der Waals surface area contributed by atoms with Gasteiger partial charge >= 0.3 is 18.4 Å². The van der Waals surface area contributed by atoms with E-state index in [1.165, 1.54) is 9.80 Å². The summed E-state index contributed by atoms with van der Waals surface area (Å²) < 4.78 is 86.1. The van der Waals surface area contributed by atoms with Crippen LogP contribution in [0.1, 0.15) is 47.9 Å². The highest BCUT2D eigenvalue weighted by atomic mass is 32.2. The van der Waals surface area contributed by atoms with Gasteiger partial charge in [-0.05, 0) is 73.6 Å². The second kappa shape index (κ2) is 15.0. The molecule has 0 saturated carbocycles. The Kier molecular flexibility index (Phi) is 11.5. The second-order valence-electron chi connectivity index (χ2n) is 11.3. The van der Waals surface area contributed by atoms with Crippen molar-refractivity contribution in [2.45, 2.75) is 69.3 Å². The SMILES string of the molecule is CSCCCN1CC2N(C(=O)OCc3cc(C(F)(F)F)cc(C(F)(F)F)c3)C(Cc3ccccc3)CC(=O)N2[C@@H](CCCN)C1=O. The number of nitrogens with two attached hydrogens (primary N) is 1. The van der Waals surface area contributed by atoms with Gasteiger partial charge < -0.3 is 20.3 Å². The lowest BCUT2D eigenvalue weighted by Crippen LogP contribution is -2.73. The van der Waals surface area contributed by atoms with Crippen LogP contribution in [0.25, 0.3) is 0 Å². The molecular formula is C31H36F6N4O4S. The molecule has 2 saturated heterocycles. The zero-order chi connectivity index (χ0) is 33.6. The lowest BCUT2D eigenvalue weighted by molar-refractivity contribution is -0.172. The lowest BCUT2D eigenvalue weighted by atomic mass is 9.93. The Balaban J connectivity index is 1.69. The minimum atomic E-state index is -5.07. The fraction of sp³-hybridized carbons (Fsp3) is 0.516. The molecule has 0 spiro atoms. The first-order chi connectivity index (χ1) is 21.7. The molecule has 0 radical (unpaired) electrons. The molecule has 2 N–H and O–H groups in total. The van der Waals surface area contributed by atoms with E-state index < -0.39 is 60.0 Å². The van der Waals surface area contributed by atoms with Crippen LogP contribution < -0.4 is 5.73 Å². The predicted molar refractivity (Wildman–Crippen MR) is 159 cm³/mol. The van der Waals surface area contributed by atoms with Crippen molar-refractivity contribution >= 4 is 29.7 Å². The van der Waals surface area contributed by atoms with Crippen molar-refractivity contribution in [3.63, 3.8) is 0 Å². The van der Waals surface area contributed by atoms with E-state index in [1.807, 2.05) is 18.4 Å². The van der Waals surface area contributed by atoms with Crippen molar-refractivity contribution in [3.05, 3.63) is 70.8 Å². The largest absolute Gasteiger partial charge is 0.444 e. The molecule has 8 nitrogen and oxygen atoms in total. The molecule has 0 aliphatic carbocycles. The van der Waals surface area contributed by atoms with Gasteiger partial charge in [-0.15, -0.1) is 0 Å². The van der Waals surface area contributed by atoms with Crippen LogP contribution in [-0.4, -0.2) is 82.5 Å². The van der Waals surface area contributed by atoms with Gasteiger partial charge in [0.25, 0.3) is 0 Å².